The summed E-state index contributed by atoms with van der Waals surface area (Å²) in [5.74, 6) is 1.97. The molecule has 1 saturated heterocycles. The van der Waals surface area contributed by atoms with Gasteiger partial charge in [0.25, 0.3) is 0 Å². The minimum atomic E-state index is 0.282. The molecule has 1 heterocycles. The van der Waals surface area contributed by atoms with E-state index >= 15 is 0 Å². The van der Waals surface area contributed by atoms with Crippen LogP contribution in [-0.4, -0.2) is 43.9 Å². The molecule has 1 fully saturated rings. The molecule has 2 rings (SSSR count). The fourth-order valence-corrected chi connectivity index (χ4v) is 2.97. The van der Waals surface area contributed by atoms with Crippen molar-refractivity contribution in [1.82, 2.24) is 4.90 Å². The molecule has 1 aliphatic rings. The summed E-state index contributed by atoms with van der Waals surface area (Å²) >= 11 is 0. The summed E-state index contributed by atoms with van der Waals surface area (Å²) in [6, 6.07) is 4.20. The van der Waals surface area contributed by atoms with Gasteiger partial charge in [-0.2, -0.15) is 0 Å². The molecule has 0 aromatic heterocycles. The SMILES string of the molecule is C=CCc1cc(CN2CCC(CO)C2)cc(OC)c1OC. The molecule has 1 N–H and O–H groups in total. The molecule has 1 aromatic rings. The number of benzene rings is 1. The van der Waals surface area contributed by atoms with Crippen LogP contribution in [0.4, 0.5) is 0 Å². The summed E-state index contributed by atoms with van der Waals surface area (Å²) in [4.78, 5) is 2.37. The predicted octanol–water partition coefficient (Wildman–Crippen LogP) is 2.25. The molecule has 0 amide bonds. The number of hydrogen-bond acceptors (Lipinski definition) is 4. The molecule has 21 heavy (non-hydrogen) atoms. The van der Waals surface area contributed by atoms with E-state index in [0.717, 1.165) is 49.5 Å². The van der Waals surface area contributed by atoms with Gasteiger partial charge in [-0.3, -0.25) is 4.90 Å². The molecule has 4 heteroatoms. The standard InChI is InChI=1S/C17H25NO3/c1-4-5-15-8-14(9-16(20-2)17(15)21-3)11-18-7-6-13(10-18)12-19/h4,8-9,13,19H,1,5-7,10-12H2,2-3H3. The molecule has 0 saturated carbocycles. The Morgan fingerprint density at radius 1 is 1.38 bits per heavy atom. The molecule has 1 atom stereocenters. The zero-order chi connectivity index (χ0) is 15.2. The fourth-order valence-electron chi connectivity index (χ4n) is 2.97. The minimum Gasteiger partial charge on any atom is -0.493 e. The zero-order valence-electron chi connectivity index (χ0n) is 13.0. The second-order valence-corrected chi connectivity index (χ2v) is 5.56. The first-order chi connectivity index (χ1) is 10.2. The first-order valence-corrected chi connectivity index (χ1v) is 7.39. The van der Waals surface area contributed by atoms with Gasteiger partial charge < -0.3 is 14.6 Å². The van der Waals surface area contributed by atoms with Crippen LogP contribution in [0.15, 0.2) is 24.8 Å². The normalized spacial score (nSPS) is 18.7. The van der Waals surface area contributed by atoms with Crippen molar-refractivity contribution in [2.45, 2.75) is 19.4 Å². The highest BCUT2D eigenvalue weighted by atomic mass is 16.5. The molecular formula is C17H25NO3. The number of nitrogens with zero attached hydrogens (tertiary/aromatic N) is 1. The zero-order valence-corrected chi connectivity index (χ0v) is 13.0. The van der Waals surface area contributed by atoms with Gasteiger partial charge in [-0.1, -0.05) is 12.1 Å². The van der Waals surface area contributed by atoms with E-state index in [1.807, 2.05) is 12.1 Å². The lowest BCUT2D eigenvalue weighted by atomic mass is 10.1. The van der Waals surface area contributed by atoms with Crippen LogP contribution in [0.25, 0.3) is 0 Å². The molecule has 1 aromatic carbocycles. The maximum atomic E-state index is 9.24. The third-order valence-electron chi connectivity index (χ3n) is 4.01. The maximum Gasteiger partial charge on any atom is 0.164 e. The Morgan fingerprint density at radius 2 is 2.19 bits per heavy atom. The van der Waals surface area contributed by atoms with Crippen LogP contribution in [0, 0.1) is 5.92 Å². The molecule has 1 aliphatic heterocycles. The number of allylic oxidation sites excluding steroid dienone is 1. The summed E-state index contributed by atoms with van der Waals surface area (Å²) in [7, 11) is 3.33. The van der Waals surface area contributed by atoms with Crippen LogP contribution in [0.3, 0.4) is 0 Å². The second-order valence-electron chi connectivity index (χ2n) is 5.56. The summed E-state index contributed by atoms with van der Waals surface area (Å²) in [6.07, 6.45) is 3.70. The Labute approximate surface area is 127 Å². The minimum absolute atomic E-state index is 0.282. The van der Waals surface area contributed by atoms with Crippen molar-refractivity contribution in [3.05, 3.63) is 35.9 Å². The van der Waals surface area contributed by atoms with Crippen molar-refractivity contribution in [2.75, 3.05) is 33.9 Å². The van der Waals surface area contributed by atoms with Crippen molar-refractivity contribution in [3.8, 4) is 11.5 Å². The van der Waals surface area contributed by atoms with Crippen molar-refractivity contribution in [2.24, 2.45) is 5.92 Å². The topological polar surface area (TPSA) is 41.9 Å². The Bertz CT molecular complexity index is 487. The number of rotatable bonds is 7. The highest BCUT2D eigenvalue weighted by Crippen LogP contribution is 2.34. The van der Waals surface area contributed by atoms with Crippen molar-refractivity contribution < 1.29 is 14.6 Å². The summed E-state index contributed by atoms with van der Waals surface area (Å²) in [5.41, 5.74) is 2.31. The molecule has 4 nitrogen and oxygen atoms in total. The lowest BCUT2D eigenvalue weighted by molar-refractivity contribution is 0.220. The van der Waals surface area contributed by atoms with E-state index < -0.39 is 0 Å². The van der Waals surface area contributed by atoms with Crippen LogP contribution in [0.5, 0.6) is 11.5 Å². The molecule has 0 bridgehead atoms. The Balaban J connectivity index is 2.19. The van der Waals surface area contributed by atoms with Gasteiger partial charge in [0.05, 0.1) is 14.2 Å². The molecule has 0 spiro atoms. The average molecular weight is 291 g/mol. The summed E-state index contributed by atoms with van der Waals surface area (Å²) in [6.45, 7) is 6.96. The summed E-state index contributed by atoms with van der Waals surface area (Å²) < 4.78 is 10.9. The first-order valence-electron chi connectivity index (χ1n) is 7.39. The molecule has 0 radical (unpaired) electrons. The second kappa shape index (κ2) is 7.48. The third-order valence-corrected chi connectivity index (χ3v) is 4.01. The van der Waals surface area contributed by atoms with Crippen molar-refractivity contribution >= 4 is 0 Å². The molecule has 0 aliphatic carbocycles. The van der Waals surface area contributed by atoms with Crippen molar-refractivity contribution in [1.29, 1.82) is 0 Å². The third kappa shape index (κ3) is 3.77. The monoisotopic (exact) mass is 291 g/mol. The number of aliphatic hydroxyl groups excluding tert-OH is 1. The van der Waals surface area contributed by atoms with Crippen LogP contribution < -0.4 is 9.47 Å². The Morgan fingerprint density at radius 3 is 2.76 bits per heavy atom. The van der Waals surface area contributed by atoms with E-state index in [0.29, 0.717) is 5.92 Å². The fraction of sp³-hybridized carbons (Fsp3) is 0.529. The highest BCUT2D eigenvalue weighted by molar-refractivity contribution is 5.50. The highest BCUT2D eigenvalue weighted by Gasteiger charge is 2.22. The van der Waals surface area contributed by atoms with Gasteiger partial charge in [0.1, 0.15) is 0 Å². The summed E-state index contributed by atoms with van der Waals surface area (Å²) in [5, 5.41) is 9.24. The Kier molecular flexibility index (Phi) is 5.65. The van der Waals surface area contributed by atoms with Gasteiger partial charge in [-0.15, -0.1) is 6.58 Å². The number of likely N-dealkylation sites (tertiary alicyclic amines) is 1. The molecule has 116 valence electrons. The van der Waals surface area contributed by atoms with Gasteiger partial charge in [0, 0.05) is 25.3 Å². The molecular weight excluding hydrogens is 266 g/mol. The van der Waals surface area contributed by atoms with Gasteiger partial charge in [0.15, 0.2) is 11.5 Å². The Hall–Kier alpha value is -1.52. The van der Waals surface area contributed by atoms with Crippen LogP contribution in [0.1, 0.15) is 17.5 Å². The van der Waals surface area contributed by atoms with Gasteiger partial charge in [-0.05, 0) is 36.9 Å². The van der Waals surface area contributed by atoms with Gasteiger partial charge >= 0.3 is 0 Å². The van der Waals surface area contributed by atoms with Crippen LogP contribution in [0.2, 0.25) is 0 Å². The quantitative estimate of drug-likeness (QED) is 0.782. The number of hydrogen-bond donors (Lipinski definition) is 1. The van der Waals surface area contributed by atoms with Gasteiger partial charge in [-0.25, -0.2) is 0 Å². The van der Waals surface area contributed by atoms with E-state index in [1.54, 1.807) is 14.2 Å². The van der Waals surface area contributed by atoms with E-state index in [9.17, 15) is 5.11 Å². The smallest absolute Gasteiger partial charge is 0.164 e. The van der Waals surface area contributed by atoms with E-state index in [1.165, 1.54) is 5.56 Å². The largest absolute Gasteiger partial charge is 0.493 e. The lowest BCUT2D eigenvalue weighted by Crippen LogP contribution is -2.21. The number of methoxy groups -OCH3 is 2. The van der Waals surface area contributed by atoms with E-state index in [2.05, 4.69) is 17.5 Å². The average Bonchev–Trinajstić information content (AvgIpc) is 2.94. The maximum absolute atomic E-state index is 9.24. The van der Waals surface area contributed by atoms with Crippen molar-refractivity contribution in [3.63, 3.8) is 0 Å². The first kappa shape index (κ1) is 15.9. The van der Waals surface area contributed by atoms with Crippen LogP contribution >= 0.6 is 0 Å². The van der Waals surface area contributed by atoms with Gasteiger partial charge in [0.2, 0.25) is 0 Å². The number of aliphatic hydroxyl groups is 1. The van der Waals surface area contributed by atoms with E-state index in [4.69, 9.17) is 9.47 Å². The lowest BCUT2D eigenvalue weighted by Gasteiger charge is -2.19. The molecule has 1 unspecified atom stereocenters. The number of ether oxygens (including phenoxy) is 2. The van der Waals surface area contributed by atoms with E-state index in [-0.39, 0.29) is 6.61 Å². The predicted molar refractivity (Wildman–Crippen MR) is 83.9 cm³/mol. The van der Waals surface area contributed by atoms with Crippen LogP contribution in [-0.2, 0) is 13.0 Å².